The fourth-order valence-electron chi connectivity index (χ4n) is 13.8. The standard InChI is InChI=1S/C52H86B10O61P10/c1-2-94-124(74,75)115-34-14(105-44(54)24(34)65)4-96-126(78,79)117-36-16(107-46(56)26(36)67)6-98-128(82,83)119-38-18(109-48(58)28(38)69)8-100-130(86,87)121-40-20(111-50(60)30(40)71)10-102-132(90,91)123-42-22(113-52(62)32(42)73)12-103-133(92,93)122-41-21(112-51(61)31(41)72)11-101-131(88,89)120-39-19(110-49(59)29(39)70)9-99-129(84,85)118-37-17(108-47(57)27(37)68)7-97-127(80,81)116-35-15(106-45(55)25(35)66)5-95-125(76,77)114-33-13(3-63)104-43(53)23(33)64/h13-52,63-73H,2-12H2,1H3,(H,74,75)(H,76,77)(H,78,79)(H,80,81)(H,82,83)(H,84,85)(H,86,87)(H,88,89)(H,90,91)(H,92,93)/t13-,14-,15-,16-,17-,18-,19-,20-,21-,22-,23+,24+,25+,26+,27+,28+,29+,30+,31+,32+,33+,34+,35+,36+,37+,38+,39+,40+,41+,42+,43?,44?,45?,46?,47?,48?,49?,50?,51?,52?/m1/s1. The molecule has 0 spiro atoms. The molecule has 0 aromatic carbocycles. The molecule has 10 heterocycles. The van der Waals surface area contributed by atoms with Crippen molar-refractivity contribution < 1.29 is 289 Å². The number of phosphoric ester groups is 10. The van der Waals surface area contributed by atoms with Crippen molar-refractivity contribution in [2.24, 2.45) is 0 Å². The number of phosphoric acid groups is 10. The molecule has 0 bridgehead atoms. The van der Waals surface area contributed by atoms with E-state index in [1.54, 1.807) is 0 Å². The fraction of sp³-hybridized carbons (Fsp3) is 1.00. The summed E-state index contributed by atoms with van der Waals surface area (Å²) in [5.41, 5.74) is 0. The van der Waals surface area contributed by atoms with E-state index in [1.165, 1.54) is 6.92 Å². The largest absolute Gasteiger partial charge is 0.472 e. The van der Waals surface area contributed by atoms with Crippen LogP contribution in [0.15, 0.2) is 0 Å². The molecule has 0 aromatic heterocycles. The maximum absolute atomic E-state index is 13.6. The minimum absolute atomic E-state index is 0.338. The van der Waals surface area contributed by atoms with E-state index in [-0.39, 0.29) is 6.61 Å². The lowest BCUT2D eigenvalue weighted by Gasteiger charge is -2.28. The zero-order chi connectivity index (χ0) is 99.1. The normalized spacial score (nSPS) is 45.1. The highest BCUT2D eigenvalue weighted by Crippen LogP contribution is 2.59. The second-order valence-corrected chi connectivity index (χ2v) is 44.0. The van der Waals surface area contributed by atoms with Crippen LogP contribution in [0.3, 0.4) is 0 Å². The van der Waals surface area contributed by atoms with Crippen molar-refractivity contribution in [1.82, 2.24) is 0 Å². The van der Waals surface area contributed by atoms with Gasteiger partial charge >= 0.3 is 78.2 Å². The first-order chi connectivity index (χ1) is 61.4. The van der Waals surface area contributed by atoms with Crippen molar-refractivity contribution in [2.45, 2.75) is 250 Å². The number of rotatable bonds is 50. The molecule has 10 saturated heterocycles. The highest BCUT2D eigenvalue weighted by atomic mass is 31.2. The predicted octanol–water partition coefficient (Wildman–Crippen LogP) is -12.4. The fourth-order valence-corrected chi connectivity index (χ4v) is 23.5. The quantitative estimate of drug-likeness (QED) is 0.0199. The summed E-state index contributed by atoms with van der Waals surface area (Å²) in [5, 5.41) is 116. The lowest BCUT2D eigenvalue weighted by molar-refractivity contribution is -0.0468. The molecule has 10 rings (SSSR count). The number of ether oxygens (including phenoxy) is 10. The van der Waals surface area contributed by atoms with Gasteiger partial charge in [0.15, 0.2) is 0 Å². The van der Waals surface area contributed by atoms with E-state index in [1.807, 2.05) is 0 Å². The maximum atomic E-state index is 13.6. The van der Waals surface area contributed by atoms with Crippen LogP contribution in [-0.2, 0) is 183 Å². The van der Waals surface area contributed by atoms with Gasteiger partial charge in [-0.15, -0.1) is 0 Å². The molecule has 21 N–H and O–H groups in total. The van der Waals surface area contributed by atoms with E-state index in [0.29, 0.717) is 0 Å². The van der Waals surface area contributed by atoms with Gasteiger partial charge in [0.25, 0.3) is 0 Å². The lowest BCUT2D eigenvalue weighted by atomic mass is 9.93. The first-order valence-electron chi connectivity index (χ1n) is 38.5. The van der Waals surface area contributed by atoms with Gasteiger partial charge < -0.3 is 152 Å². The third-order valence-electron chi connectivity index (χ3n) is 20.4. The Morgan fingerprint density at radius 1 is 0.195 bits per heavy atom. The maximum Gasteiger partial charge on any atom is 0.472 e. The Labute approximate surface area is 764 Å². The molecule has 0 amide bonds. The molecule has 0 aliphatic carbocycles. The Balaban J connectivity index is 0.665. The molecule has 10 aliphatic heterocycles. The number of hydrogen-bond acceptors (Lipinski definition) is 51. The number of aliphatic hydroxyl groups excluding tert-OH is 11. The van der Waals surface area contributed by atoms with Crippen LogP contribution in [0.1, 0.15) is 6.92 Å². The molecule has 0 saturated carbocycles. The molecule has 133 heavy (non-hydrogen) atoms. The molecule has 20 unspecified atom stereocenters. The Morgan fingerprint density at radius 3 is 0.398 bits per heavy atom. The SMILES string of the molecule is [B]C1O[C@H](CO)[C@H](OP(=O)(O)OC[C@H]2OC([B])[C@@H](O)[C@H]2OP(=O)(O)OC[C@H]2OC([B])[C@@H](O)[C@H]2OP(=O)(O)OC[C@H]2OC([B])[C@@H](O)[C@H]2OP(=O)(O)OC[C@H]2OC([B])[C@@H](O)[C@H]2OP(=O)(O)OC[C@H]2OC([B])[C@@H](O)[C@H]2OP(=O)(O)OC[C@H]2OC([B])[C@@H](O)[C@H]2OP(=O)(O)OC[C@H]2OC([B])[C@@H](O)[C@H]2OP(=O)(O)OC[C@H]2OC([B])[C@@H](O)[C@H]2OP(=O)(O)OC[C@H]2OC([B])[C@@H](O)[C@H]2OP(=O)(O)OCC)[C@@H]1O. The van der Waals surface area contributed by atoms with Crippen LogP contribution in [0.25, 0.3) is 0 Å². The Hall–Kier alpha value is 0.909. The van der Waals surface area contributed by atoms with E-state index in [0.717, 1.165) is 0 Å². The van der Waals surface area contributed by atoms with E-state index < -0.39 is 387 Å². The highest BCUT2D eigenvalue weighted by molar-refractivity contribution is 7.49. The van der Waals surface area contributed by atoms with E-state index in [9.17, 15) is 151 Å². The molecule has 10 aliphatic rings. The molecule has 81 heteroatoms. The van der Waals surface area contributed by atoms with Crippen LogP contribution < -0.4 is 0 Å². The molecule has 0 aromatic rings. The lowest BCUT2D eigenvalue weighted by Crippen LogP contribution is -2.39. The van der Waals surface area contributed by atoms with E-state index in [4.69, 9.17) is 212 Å². The van der Waals surface area contributed by atoms with Crippen molar-refractivity contribution >= 4 is 157 Å². The summed E-state index contributed by atoms with van der Waals surface area (Å²) in [6, 6.07) is -17.7. The third kappa shape index (κ3) is 31.0. The summed E-state index contributed by atoms with van der Waals surface area (Å²) in [6.45, 7) is -11.0. The second-order valence-electron chi connectivity index (χ2n) is 29.9. The minimum Gasteiger partial charge on any atom is -0.394 e. The van der Waals surface area contributed by atoms with Crippen molar-refractivity contribution in [3.8, 4) is 0 Å². The molecule has 50 atom stereocenters. The Kier molecular flexibility index (Phi) is 40.9. The van der Waals surface area contributed by atoms with Crippen LogP contribution in [0.5, 0.6) is 0 Å². The van der Waals surface area contributed by atoms with Crippen LogP contribution in [0.2, 0.25) is 0 Å². The smallest absolute Gasteiger partial charge is 0.394 e. The van der Waals surface area contributed by atoms with Gasteiger partial charge in [0.2, 0.25) is 0 Å². The molecule has 10 fully saturated rings. The number of hydrogen-bond donors (Lipinski definition) is 21. The monoisotopic (exact) mass is 2110 g/mol. The van der Waals surface area contributed by atoms with Gasteiger partial charge in [-0.05, 0) is 6.92 Å². The first kappa shape index (κ1) is 116. The number of aliphatic hydroxyl groups is 11. The van der Waals surface area contributed by atoms with Gasteiger partial charge in [-0.25, -0.2) is 45.7 Å². The van der Waals surface area contributed by atoms with Crippen LogP contribution in [0, 0.1) is 0 Å². The minimum atomic E-state index is -5.72. The zero-order valence-corrected chi connectivity index (χ0v) is 76.8. The van der Waals surface area contributed by atoms with Gasteiger partial charge in [-0.2, -0.15) is 0 Å². The van der Waals surface area contributed by atoms with Gasteiger partial charge in [0.1, 0.15) is 262 Å². The summed E-state index contributed by atoms with van der Waals surface area (Å²) in [5.74, 6) is 0. The van der Waals surface area contributed by atoms with Crippen LogP contribution in [0.4, 0.5) is 0 Å². The van der Waals surface area contributed by atoms with Crippen molar-refractivity contribution in [2.75, 3.05) is 72.7 Å². The van der Waals surface area contributed by atoms with Crippen molar-refractivity contribution in [3.63, 3.8) is 0 Å². The van der Waals surface area contributed by atoms with E-state index in [2.05, 4.69) is 4.52 Å². The summed E-state index contributed by atoms with van der Waals surface area (Å²) in [6.07, 6.45) is -59.7. The van der Waals surface area contributed by atoms with Gasteiger partial charge in [0, 0.05) is 60.0 Å². The summed E-state index contributed by atoms with van der Waals surface area (Å²) >= 11 is 0. The highest BCUT2D eigenvalue weighted by Gasteiger charge is 2.59. The zero-order valence-electron chi connectivity index (χ0n) is 67.8. The molecule has 740 valence electrons. The van der Waals surface area contributed by atoms with Crippen molar-refractivity contribution in [1.29, 1.82) is 0 Å². The molecule has 20 radical (unpaired) electrons. The average molecular weight is 2110 g/mol. The summed E-state index contributed by atoms with van der Waals surface area (Å²) in [7, 11) is 2.00. The van der Waals surface area contributed by atoms with Gasteiger partial charge in [0.05, 0.1) is 72.7 Å². The Morgan fingerprint density at radius 2 is 0.293 bits per heavy atom. The molecule has 61 nitrogen and oxygen atoms in total. The average Bonchev–Trinajstić information content (AvgIpc) is 1.64. The van der Waals surface area contributed by atoms with Crippen molar-refractivity contribution in [3.05, 3.63) is 0 Å². The molecular formula is C52H86B10O61P10. The third-order valence-corrected chi connectivity index (χ3v) is 30.3. The summed E-state index contributed by atoms with van der Waals surface area (Å²) < 4.78 is 284. The van der Waals surface area contributed by atoms with E-state index >= 15 is 0 Å². The first-order valence-corrected chi connectivity index (χ1v) is 53.4. The van der Waals surface area contributed by atoms with Gasteiger partial charge in [-0.3, -0.25) is 90.5 Å². The molecular weight excluding hydrogens is 2020 g/mol. The van der Waals surface area contributed by atoms with Crippen LogP contribution >= 0.6 is 78.2 Å². The second kappa shape index (κ2) is 47.0. The van der Waals surface area contributed by atoms with Crippen LogP contribution in [-0.4, -0.2) is 499 Å². The predicted molar refractivity (Wildman–Crippen MR) is 423 cm³/mol. The van der Waals surface area contributed by atoms with Gasteiger partial charge in [-0.1, -0.05) is 0 Å². The Bertz CT molecular complexity index is 4260. The summed E-state index contributed by atoms with van der Waals surface area (Å²) in [4.78, 5) is 107. The topological polar surface area (TPSA) is 872 Å².